The lowest BCUT2D eigenvalue weighted by molar-refractivity contribution is -0.136. The van der Waals surface area contributed by atoms with E-state index in [1.54, 1.807) is 19.9 Å². The van der Waals surface area contributed by atoms with E-state index < -0.39 is 5.97 Å². The summed E-state index contributed by atoms with van der Waals surface area (Å²) >= 11 is 7.10. The number of carbonyl (C=O) groups excluding carboxylic acids is 2. The first kappa shape index (κ1) is 14.7. The lowest BCUT2D eigenvalue weighted by Crippen LogP contribution is -2.08. The number of ether oxygens (including phenoxy) is 1. The van der Waals surface area contributed by atoms with E-state index in [4.69, 9.17) is 16.3 Å². The van der Waals surface area contributed by atoms with Crippen LogP contribution in [-0.2, 0) is 14.3 Å². The summed E-state index contributed by atoms with van der Waals surface area (Å²) < 4.78 is 5.24. The molecule has 1 aromatic rings. The first-order chi connectivity index (χ1) is 8.49. The molecule has 5 nitrogen and oxygen atoms in total. The quantitative estimate of drug-likeness (QED) is 0.683. The van der Waals surface area contributed by atoms with Crippen molar-refractivity contribution >= 4 is 45.5 Å². The summed E-state index contributed by atoms with van der Waals surface area (Å²) in [6.07, 6.45) is 1.58. The zero-order valence-electron chi connectivity index (χ0n) is 10.2. The minimum absolute atomic E-state index is 0.245. The number of hydrogen-bond acceptors (Lipinski definition) is 5. The fourth-order valence-electron chi connectivity index (χ4n) is 1.23. The van der Waals surface area contributed by atoms with Gasteiger partial charge in [-0.05, 0) is 13.8 Å². The van der Waals surface area contributed by atoms with E-state index in [1.165, 1.54) is 6.92 Å². The van der Waals surface area contributed by atoms with E-state index in [-0.39, 0.29) is 18.1 Å². The maximum absolute atomic E-state index is 11.7. The molecule has 0 saturated heterocycles. The lowest BCUT2D eigenvalue weighted by atomic mass is 10.2. The summed E-state index contributed by atoms with van der Waals surface area (Å²) in [6, 6.07) is 0. The van der Waals surface area contributed by atoms with Crippen LogP contribution in [0.1, 0.15) is 26.5 Å². The van der Waals surface area contributed by atoms with Gasteiger partial charge in [0.25, 0.3) is 0 Å². The SMILES string of the molecule is CC=C(C(=O)OCC)c1nc(NC(C)=O)sc1Cl. The minimum atomic E-state index is -0.485. The number of amides is 1. The number of esters is 1. The second kappa shape index (κ2) is 6.51. The van der Waals surface area contributed by atoms with E-state index >= 15 is 0 Å². The maximum atomic E-state index is 11.7. The monoisotopic (exact) mass is 288 g/mol. The Hall–Kier alpha value is -1.40. The summed E-state index contributed by atoms with van der Waals surface area (Å²) in [5, 5.41) is 2.87. The number of allylic oxidation sites excluding steroid dienone is 1. The van der Waals surface area contributed by atoms with Crippen molar-refractivity contribution in [2.75, 3.05) is 11.9 Å². The third kappa shape index (κ3) is 3.54. The molecule has 0 unspecified atom stereocenters. The van der Waals surface area contributed by atoms with E-state index in [9.17, 15) is 9.59 Å². The number of carbonyl (C=O) groups is 2. The van der Waals surface area contributed by atoms with Gasteiger partial charge in [-0.25, -0.2) is 9.78 Å². The zero-order valence-corrected chi connectivity index (χ0v) is 11.8. The number of rotatable bonds is 4. The van der Waals surface area contributed by atoms with Gasteiger partial charge in [0.05, 0.1) is 12.2 Å². The molecule has 0 aliphatic carbocycles. The Morgan fingerprint density at radius 3 is 2.72 bits per heavy atom. The zero-order chi connectivity index (χ0) is 13.7. The molecule has 1 N–H and O–H groups in total. The molecule has 98 valence electrons. The van der Waals surface area contributed by atoms with E-state index in [0.29, 0.717) is 15.2 Å². The highest BCUT2D eigenvalue weighted by atomic mass is 35.5. The average molecular weight is 289 g/mol. The van der Waals surface area contributed by atoms with Crippen LogP contribution in [0.2, 0.25) is 4.34 Å². The molecule has 0 bridgehead atoms. The Morgan fingerprint density at radius 2 is 2.22 bits per heavy atom. The van der Waals surface area contributed by atoms with Crippen LogP contribution in [0.3, 0.4) is 0 Å². The van der Waals surface area contributed by atoms with Crippen molar-refractivity contribution in [3.8, 4) is 0 Å². The molecule has 1 rings (SSSR count). The Labute approximate surface area is 114 Å². The predicted octanol–water partition coefficient (Wildman–Crippen LogP) is 2.72. The van der Waals surface area contributed by atoms with Crippen molar-refractivity contribution in [2.45, 2.75) is 20.8 Å². The first-order valence-electron chi connectivity index (χ1n) is 5.27. The number of nitrogens with one attached hydrogen (secondary N) is 1. The van der Waals surface area contributed by atoms with Crippen LogP contribution in [0.4, 0.5) is 5.13 Å². The highest BCUT2D eigenvalue weighted by molar-refractivity contribution is 7.19. The van der Waals surface area contributed by atoms with Crippen molar-refractivity contribution in [1.29, 1.82) is 0 Å². The smallest absolute Gasteiger partial charge is 0.340 e. The molecule has 0 aliphatic rings. The molecule has 1 aromatic heterocycles. The molecule has 0 atom stereocenters. The van der Waals surface area contributed by atoms with E-state index in [0.717, 1.165) is 11.3 Å². The van der Waals surface area contributed by atoms with Gasteiger partial charge in [0.1, 0.15) is 10.0 Å². The number of thiazole rings is 1. The number of halogens is 1. The highest BCUT2D eigenvalue weighted by Gasteiger charge is 2.20. The molecule has 0 aliphatic heterocycles. The highest BCUT2D eigenvalue weighted by Crippen LogP contribution is 2.33. The third-order valence-corrected chi connectivity index (χ3v) is 3.08. The molecule has 1 amide bonds. The number of anilines is 1. The summed E-state index contributed by atoms with van der Waals surface area (Å²) in [5.41, 5.74) is 0.612. The van der Waals surface area contributed by atoms with Gasteiger partial charge in [0.15, 0.2) is 5.13 Å². The van der Waals surface area contributed by atoms with Gasteiger partial charge in [0, 0.05) is 6.92 Å². The molecular weight excluding hydrogens is 276 g/mol. The van der Waals surface area contributed by atoms with Gasteiger partial charge < -0.3 is 10.1 Å². The number of aromatic nitrogens is 1. The van der Waals surface area contributed by atoms with Crippen LogP contribution in [-0.4, -0.2) is 23.5 Å². The van der Waals surface area contributed by atoms with Crippen LogP contribution in [0.5, 0.6) is 0 Å². The molecule has 0 saturated carbocycles. The topological polar surface area (TPSA) is 68.3 Å². The fraction of sp³-hybridized carbons (Fsp3) is 0.364. The van der Waals surface area contributed by atoms with Crippen LogP contribution in [0.15, 0.2) is 6.08 Å². The van der Waals surface area contributed by atoms with Crippen LogP contribution < -0.4 is 5.32 Å². The van der Waals surface area contributed by atoms with Gasteiger partial charge in [0.2, 0.25) is 5.91 Å². The van der Waals surface area contributed by atoms with E-state index in [2.05, 4.69) is 10.3 Å². The average Bonchev–Trinajstić information content (AvgIpc) is 2.60. The molecule has 1 heterocycles. The summed E-state index contributed by atoms with van der Waals surface area (Å²) in [4.78, 5) is 26.7. The molecule has 0 fully saturated rings. The van der Waals surface area contributed by atoms with Gasteiger partial charge >= 0.3 is 5.97 Å². The summed E-state index contributed by atoms with van der Waals surface area (Å²) in [7, 11) is 0. The molecule has 18 heavy (non-hydrogen) atoms. The largest absolute Gasteiger partial charge is 0.462 e. The molecule has 0 radical (unpaired) electrons. The van der Waals surface area contributed by atoms with Crippen molar-refractivity contribution in [3.05, 3.63) is 16.1 Å². The van der Waals surface area contributed by atoms with Gasteiger partial charge in [-0.3, -0.25) is 4.79 Å². The molecule has 7 heteroatoms. The summed E-state index contributed by atoms with van der Waals surface area (Å²) in [6.45, 7) is 5.06. The van der Waals surface area contributed by atoms with Crippen molar-refractivity contribution < 1.29 is 14.3 Å². The number of hydrogen-bond donors (Lipinski definition) is 1. The third-order valence-electron chi connectivity index (χ3n) is 1.91. The van der Waals surface area contributed by atoms with Crippen molar-refractivity contribution in [3.63, 3.8) is 0 Å². The van der Waals surface area contributed by atoms with Crippen LogP contribution in [0.25, 0.3) is 5.57 Å². The van der Waals surface area contributed by atoms with Gasteiger partial charge in [-0.15, -0.1) is 0 Å². The van der Waals surface area contributed by atoms with E-state index in [1.807, 2.05) is 0 Å². The van der Waals surface area contributed by atoms with Crippen LogP contribution >= 0.6 is 22.9 Å². The lowest BCUT2D eigenvalue weighted by Gasteiger charge is -2.03. The second-order valence-corrected chi connectivity index (χ2v) is 4.85. The Bertz CT molecular complexity index is 496. The van der Waals surface area contributed by atoms with Crippen LogP contribution in [0, 0.1) is 0 Å². The summed E-state index contributed by atoms with van der Waals surface area (Å²) in [5.74, 6) is -0.730. The second-order valence-electron chi connectivity index (χ2n) is 3.25. The fourth-order valence-corrected chi connectivity index (χ4v) is 2.35. The van der Waals surface area contributed by atoms with Crippen molar-refractivity contribution in [2.24, 2.45) is 0 Å². The Balaban J connectivity index is 3.04. The standard InChI is InChI=1S/C11H13ClN2O3S/c1-4-7(10(16)17-5-2)8-9(12)18-11(14-8)13-6(3)15/h4H,5H2,1-3H3,(H,13,14,15). The Kier molecular flexibility index (Phi) is 5.30. The molecule has 0 aromatic carbocycles. The Morgan fingerprint density at radius 1 is 1.56 bits per heavy atom. The van der Waals surface area contributed by atoms with Gasteiger partial charge in [-0.2, -0.15) is 0 Å². The van der Waals surface area contributed by atoms with Gasteiger partial charge in [-0.1, -0.05) is 29.0 Å². The maximum Gasteiger partial charge on any atom is 0.340 e. The van der Waals surface area contributed by atoms with Crippen molar-refractivity contribution in [1.82, 2.24) is 4.98 Å². The number of nitrogens with zero attached hydrogens (tertiary/aromatic N) is 1. The molecular formula is C11H13ClN2O3S. The first-order valence-corrected chi connectivity index (χ1v) is 6.46. The predicted molar refractivity (Wildman–Crippen MR) is 71.7 cm³/mol. The minimum Gasteiger partial charge on any atom is -0.462 e. The normalized spacial score (nSPS) is 11.2. The molecule has 0 spiro atoms.